The lowest BCUT2D eigenvalue weighted by Gasteiger charge is -2.15. The van der Waals surface area contributed by atoms with Gasteiger partial charge in [-0.1, -0.05) is 109 Å². The van der Waals surface area contributed by atoms with E-state index in [2.05, 4.69) is 85.1 Å². The van der Waals surface area contributed by atoms with E-state index >= 15 is 0 Å². The summed E-state index contributed by atoms with van der Waals surface area (Å²) in [5.74, 6) is 1.65. The predicted molar refractivity (Wildman–Crippen MR) is 190 cm³/mol. The van der Waals surface area contributed by atoms with Gasteiger partial charge in [-0.25, -0.2) is 15.0 Å². The Morgan fingerprint density at radius 1 is 0.511 bits per heavy atom. The van der Waals surface area contributed by atoms with Gasteiger partial charge in [-0.15, -0.1) is 0 Å². The molecule has 0 radical (unpaired) electrons. The molecule has 0 unspecified atom stereocenters. The van der Waals surface area contributed by atoms with Crippen molar-refractivity contribution in [3.63, 3.8) is 0 Å². The highest BCUT2D eigenvalue weighted by atomic mass is 15.1. The molecule has 8 rings (SSSR count). The molecule has 0 amide bonds. The topological polar surface area (TPSA) is 67.4 Å². The maximum absolute atomic E-state index is 10.0. The number of hydrogen-bond donors (Lipinski definition) is 0. The van der Waals surface area contributed by atoms with Crippen LogP contribution in [-0.2, 0) is 0 Å². The summed E-state index contributed by atoms with van der Waals surface area (Å²) in [6.07, 6.45) is 0. The Morgan fingerprint density at radius 3 is 1.83 bits per heavy atom. The monoisotopic (exact) mass is 603 g/mol. The van der Waals surface area contributed by atoms with Gasteiger partial charge in [0.15, 0.2) is 17.5 Å². The van der Waals surface area contributed by atoms with Crippen LogP contribution in [0.4, 0.5) is 0 Å². The molecule has 0 saturated heterocycles. The number of rotatable bonds is 5. The molecule has 0 aliphatic heterocycles. The smallest absolute Gasteiger partial charge is 0.166 e. The first-order valence-electron chi connectivity index (χ1n) is 15.6. The summed E-state index contributed by atoms with van der Waals surface area (Å²) in [6, 6.07) is 49.7. The van der Waals surface area contributed by atoms with Crippen LogP contribution in [0.5, 0.6) is 0 Å². The molecule has 47 heavy (non-hydrogen) atoms. The SMILES string of the molecule is Cc1ccc(-c2ccc3c(c2)c2ccccc2n3-c2ccc(C#N)cc2-c2nc(-c3ccccc3)nc(-c3ccccc3)n2)c(C)c1. The quantitative estimate of drug-likeness (QED) is 0.196. The third kappa shape index (κ3) is 5.03. The molecule has 5 nitrogen and oxygen atoms in total. The minimum absolute atomic E-state index is 0.502. The van der Waals surface area contributed by atoms with Crippen molar-refractivity contribution in [2.24, 2.45) is 0 Å². The molecule has 0 atom stereocenters. The highest BCUT2D eigenvalue weighted by Gasteiger charge is 2.20. The number of aromatic nitrogens is 4. The normalized spacial score (nSPS) is 11.2. The van der Waals surface area contributed by atoms with E-state index in [0.717, 1.165) is 44.2 Å². The number of benzene rings is 6. The maximum atomic E-state index is 10.0. The first-order chi connectivity index (χ1) is 23.1. The van der Waals surface area contributed by atoms with E-state index in [1.807, 2.05) is 78.9 Å². The largest absolute Gasteiger partial charge is 0.308 e. The van der Waals surface area contributed by atoms with Gasteiger partial charge in [0, 0.05) is 27.5 Å². The molecular formula is C42H29N5. The fourth-order valence-corrected chi connectivity index (χ4v) is 6.45. The van der Waals surface area contributed by atoms with Gasteiger partial charge in [0.1, 0.15) is 0 Å². The molecule has 8 aromatic rings. The van der Waals surface area contributed by atoms with Crippen LogP contribution >= 0.6 is 0 Å². The Balaban J connectivity index is 1.40. The summed E-state index contributed by atoms with van der Waals surface area (Å²) in [5, 5.41) is 12.3. The number of para-hydroxylation sites is 1. The summed E-state index contributed by atoms with van der Waals surface area (Å²) in [7, 11) is 0. The van der Waals surface area contributed by atoms with Crippen molar-refractivity contribution in [2.75, 3.05) is 0 Å². The van der Waals surface area contributed by atoms with E-state index in [1.54, 1.807) is 0 Å². The van der Waals surface area contributed by atoms with Gasteiger partial charge in [-0.05, 0) is 66.9 Å². The first kappa shape index (κ1) is 28.1. The van der Waals surface area contributed by atoms with Crippen molar-refractivity contribution in [3.8, 4) is 57.0 Å². The molecule has 2 aromatic heterocycles. The van der Waals surface area contributed by atoms with E-state index in [-0.39, 0.29) is 0 Å². The van der Waals surface area contributed by atoms with Crippen molar-refractivity contribution < 1.29 is 0 Å². The minimum Gasteiger partial charge on any atom is -0.308 e. The Morgan fingerprint density at radius 2 is 1.15 bits per heavy atom. The van der Waals surface area contributed by atoms with Gasteiger partial charge in [-0.2, -0.15) is 5.26 Å². The first-order valence-corrected chi connectivity index (χ1v) is 15.6. The van der Waals surface area contributed by atoms with E-state index in [1.165, 1.54) is 22.3 Å². The third-order valence-electron chi connectivity index (χ3n) is 8.67. The molecule has 0 saturated carbocycles. The zero-order valence-electron chi connectivity index (χ0n) is 26.0. The highest BCUT2D eigenvalue weighted by molar-refractivity contribution is 6.11. The van der Waals surface area contributed by atoms with Gasteiger partial charge in [0.2, 0.25) is 0 Å². The molecule has 0 fully saturated rings. The second-order valence-corrected chi connectivity index (χ2v) is 11.8. The lowest BCUT2D eigenvalue weighted by molar-refractivity contribution is 1.06. The summed E-state index contributed by atoms with van der Waals surface area (Å²) < 4.78 is 2.26. The predicted octanol–water partition coefficient (Wildman–Crippen LogP) is 10.1. The minimum atomic E-state index is 0.502. The van der Waals surface area contributed by atoms with Gasteiger partial charge < -0.3 is 4.57 Å². The average molecular weight is 604 g/mol. The molecule has 0 spiro atoms. The average Bonchev–Trinajstić information content (AvgIpc) is 3.45. The Labute approximate surface area is 273 Å². The molecule has 5 heteroatoms. The summed E-state index contributed by atoms with van der Waals surface area (Å²) in [5.41, 5.74) is 11.0. The summed E-state index contributed by atoms with van der Waals surface area (Å²) >= 11 is 0. The van der Waals surface area contributed by atoms with Crippen molar-refractivity contribution in [1.29, 1.82) is 5.26 Å². The molecule has 0 aliphatic carbocycles. The van der Waals surface area contributed by atoms with Crippen molar-refractivity contribution in [2.45, 2.75) is 13.8 Å². The Kier molecular flexibility index (Phi) is 6.89. The number of nitrogens with zero attached hydrogens (tertiary/aromatic N) is 5. The molecule has 0 bridgehead atoms. The van der Waals surface area contributed by atoms with Crippen molar-refractivity contribution in [3.05, 3.63) is 156 Å². The van der Waals surface area contributed by atoms with Gasteiger partial charge in [0.25, 0.3) is 0 Å². The zero-order chi connectivity index (χ0) is 31.9. The second kappa shape index (κ2) is 11.5. The molecule has 222 valence electrons. The van der Waals surface area contributed by atoms with Crippen molar-refractivity contribution >= 4 is 21.8 Å². The maximum Gasteiger partial charge on any atom is 0.166 e. The van der Waals surface area contributed by atoms with E-state index in [4.69, 9.17) is 15.0 Å². The van der Waals surface area contributed by atoms with E-state index < -0.39 is 0 Å². The summed E-state index contributed by atoms with van der Waals surface area (Å²) in [4.78, 5) is 15.0. The molecule has 6 aromatic carbocycles. The molecular weight excluding hydrogens is 574 g/mol. The number of nitriles is 1. The Bertz CT molecular complexity index is 2430. The molecule has 2 heterocycles. The van der Waals surface area contributed by atoms with E-state index in [0.29, 0.717) is 23.0 Å². The molecule has 0 aliphatic rings. The van der Waals surface area contributed by atoms with Gasteiger partial charge in [0.05, 0.1) is 28.4 Å². The number of fused-ring (bicyclic) bond motifs is 3. The van der Waals surface area contributed by atoms with Crippen LogP contribution in [0.3, 0.4) is 0 Å². The van der Waals surface area contributed by atoms with Crippen LogP contribution in [0.15, 0.2) is 140 Å². The lowest BCUT2D eigenvalue weighted by Crippen LogP contribution is -2.04. The van der Waals surface area contributed by atoms with Crippen molar-refractivity contribution in [1.82, 2.24) is 19.5 Å². The van der Waals surface area contributed by atoms with Gasteiger partial charge in [-0.3, -0.25) is 0 Å². The standard InChI is InChI=1S/C42H29N5/c1-27-17-20-33(28(2)23-27)32-19-22-38-35(25-32)34-15-9-10-16-37(34)47(38)39-21-18-29(26-43)24-36(39)42-45-40(30-11-5-3-6-12-30)44-41(46-42)31-13-7-4-8-14-31/h3-25H,1-2H3. The highest BCUT2D eigenvalue weighted by Crippen LogP contribution is 2.38. The summed E-state index contributed by atoms with van der Waals surface area (Å²) in [6.45, 7) is 4.29. The fraction of sp³-hybridized carbons (Fsp3) is 0.0476. The van der Waals surface area contributed by atoms with E-state index in [9.17, 15) is 5.26 Å². The van der Waals surface area contributed by atoms with Crippen LogP contribution < -0.4 is 0 Å². The zero-order valence-corrected chi connectivity index (χ0v) is 26.0. The van der Waals surface area contributed by atoms with Gasteiger partial charge >= 0.3 is 0 Å². The number of aryl methyl sites for hydroxylation is 2. The number of hydrogen-bond acceptors (Lipinski definition) is 4. The van der Waals surface area contributed by atoms with Crippen LogP contribution in [0.2, 0.25) is 0 Å². The van der Waals surface area contributed by atoms with Crippen LogP contribution in [0.1, 0.15) is 16.7 Å². The lowest BCUT2D eigenvalue weighted by atomic mass is 9.97. The third-order valence-corrected chi connectivity index (χ3v) is 8.67. The fourth-order valence-electron chi connectivity index (χ4n) is 6.45. The molecule has 0 N–H and O–H groups in total. The van der Waals surface area contributed by atoms with Crippen LogP contribution in [0.25, 0.3) is 72.8 Å². The Hall–Kier alpha value is -6.38. The second-order valence-electron chi connectivity index (χ2n) is 11.8. The van der Waals surface area contributed by atoms with Crippen LogP contribution in [-0.4, -0.2) is 19.5 Å². The van der Waals surface area contributed by atoms with Crippen LogP contribution in [0, 0.1) is 25.2 Å².